The fourth-order valence-corrected chi connectivity index (χ4v) is 1.21. The molecule has 1 unspecified atom stereocenters. The SMILES string of the molecule is C=CC(OCCO)n1cc(C)c(=O)[nH]c1=O. The van der Waals surface area contributed by atoms with Crippen LogP contribution in [0.25, 0.3) is 0 Å². The zero-order valence-corrected chi connectivity index (χ0v) is 8.97. The Labute approximate surface area is 91.8 Å². The molecule has 88 valence electrons. The van der Waals surface area contributed by atoms with Crippen molar-refractivity contribution < 1.29 is 9.84 Å². The van der Waals surface area contributed by atoms with E-state index in [1.54, 1.807) is 6.92 Å². The molecule has 0 saturated carbocycles. The van der Waals surface area contributed by atoms with Crippen molar-refractivity contribution >= 4 is 0 Å². The number of ether oxygens (including phenoxy) is 1. The summed E-state index contributed by atoms with van der Waals surface area (Å²) >= 11 is 0. The van der Waals surface area contributed by atoms with E-state index in [1.165, 1.54) is 16.8 Å². The number of aryl methyl sites for hydroxylation is 1. The molecular formula is C10H14N2O4. The summed E-state index contributed by atoms with van der Waals surface area (Å²) in [6, 6.07) is 0. The predicted octanol–water partition coefficient (Wildman–Crippen LogP) is -0.461. The number of aromatic nitrogens is 2. The van der Waals surface area contributed by atoms with Gasteiger partial charge in [-0.1, -0.05) is 6.58 Å². The summed E-state index contributed by atoms with van der Waals surface area (Å²) in [5.74, 6) is 0. The van der Waals surface area contributed by atoms with E-state index in [1.807, 2.05) is 0 Å². The Balaban J connectivity index is 3.10. The van der Waals surface area contributed by atoms with Crippen LogP contribution >= 0.6 is 0 Å². The summed E-state index contributed by atoms with van der Waals surface area (Å²) in [6.45, 7) is 5.04. The maximum atomic E-state index is 11.5. The molecule has 0 spiro atoms. The van der Waals surface area contributed by atoms with E-state index >= 15 is 0 Å². The van der Waals surface area contributed by atoms with Crippen LogP contribution in [0.3, 0.4) is 0 Å². The van der Waals surface area contributed by atoms with Gasteiger partial charge in [0.1, 0.15) is 0 Å². The maximum absolute atomic E-state index is 11.5. The Morgan fingerprint density at radius 3 is 2.94 bits per heavy atom. The first-order chi connectivity index (χ1) is 7.60. The van der Waals surface area contributed by atoms with Crippen molar-refractivity contribution in [3.8, 4) is 0 Å². The van der Waals surface area contributed by atoms with Crippen LogP contribution in [-0.2, 0) is 4.74 Å². The summed E-state index contributed by atoms with van der Waals surface area (Å²) in [5.41, 5.74) is -0.594. The van der Waals surface area contributed by atoms with Crippen LogP contribution in [-0.4, -0.2) is 27.9 Å². The van der Waals surface area contributed by atoms with E-state index in [-0.39, 0.29) is 13.2 Å². The van der Waals surface area contributed by atoms with Gasteiger partial charge < -0.3 is 9.84 Å². The number of rotatable bonds is 5. The molecule has 0 aromatic carbocycles. The van der Waals surface area contributed by atoms with Gasteiger partial charge in [0.25, 0.3) is 5.56 Å². The minimum atomic E-state index is -0.699. The van der Waals surface area contributed by atoms with E-state index in [0.717, 1.165) is 0 Å². The van der Waals surface area contributed by atoms with E-state index < -0.39 is 17.5 Å². The maximum Gasteiger partial charge on any atom is 0.330 e. The van der Waals surface area contributed by atoms with Crippen LogP contribution in [0, 0.1) is 6.92 Å². The Morgan fingerprint density at radius 2 is 2.38 bits per heavy atom. The third kappa shape index (κ3) is 2.68. The molecule has 0 aliphatic rings. The molecule has 16 heavy (non-hydrogen) atoms. The lowest BCUT2D eigenvalue weighted by Gasteiger charge is -2.15. The summed E-state index contributed by atoms with van der Waals surface area (Å²) in [7, 11) is 0. The van der Waals surface area contributed by atoms with Crippen molar-refractivity contribution in [2.45, 2.75) is 13.2 Å². The van der Waals surface area contributed by atoms with Gasteiger partial charge in [0, 0.05) is 11.8 Å². The third-order valence-corrected chi connectivity index (χ3v) is 2.00. The van der Waals surface area contributed by atoms with Gasteiger partial charge in [-0.2, -0.15) is 0 Å². The van der Waals surface area contributed by atoms with Crippen LogP contribution in [0.4, 0.5) is 0 Å². The number of H-pyrrole nitrogens is 1. The molecule has 0 fully saturated rings. The van der Waals surface area contributed by atoms with Gasteiger partial charge in [0.15, 0.2) is 6.23 Å². The topological polar surface area (TPSA) is 84.3 Å². The number of hydrogen-bond acceptors (Lipinski definition) is 4. The number of aliphatic hydroxyl groups is 1. The zero-order chi connectivity index (χ0) is 12.1. The Kier molecular flexibility index (Phi) is 4.21. The van der Waals surface area contributed by atoms with Crippen LogP contribution < -0.4 is 11.2 Å². The van der Waals surface area contributed by atoms with Gasteiger partial charge in [-0.15, -0.1) is 0 Å². The molecule has 6 heteroatoms. The summed E-state index contributed by atoms with van der Waals surface area (Å²) in [4.78, 5) is 24.8. The second kappa shape index (κ2) is 5.43. The minimum absolute atomic E-state index is 0.0846. The quantitative estimate of drug-likeness (QED) is 0.665. The molecule has 1 heterocycles. The molecule has 0 amide bonds. The molecule has 0 aliphatic carbocycles. The average molecular weight is 226 g/mol. The standard InChI is InChI=1S/C10H14N2O4/c1-3-8(16-5-4-13)12-6-7(2)9(14)11-10(12)15/h3,6,8,13H,1,4-5H2,2H3,(H,11,14,15). The molecule has 1 atom stereocenters. The second-order valence-electron chi connectivity index (χ2n) is 3.20. The number of aromatic amines is 1. The highest BCUT2D eigenvalue weighted by molar-refractivity contribution is 5.02. The van der Waals surface area contributed by atoms with Crippen LogP contribution in [0.5, 0.6) is 0 Å². The van der Waals surface area contributed by atoms with Crippen molar-refractivity contribution in [3.63, 3.8) is 0 Å². The summed E-state index contributed by atoms with van der Waals surface area (Å²) in [5, 5.41) is 8.62. The molecular weight excluding hydrogens is 212 g/mol. The highest BCUT2D eigenvalue weighted by Crippen LogP contribution is 2.05. The van der Waals surface area contributed by atoms with Crippen LogP contribution in [0.1, 0.15) is 11.8 Å². The Morgan fingerprint density at radius 1 is 1.69 bits per heavy atom. The minimum Gasteiger partial charge on any atom is -0.394 e. The lowest BCUT2D eigenvalue weighted by molar-refractivity contribution is 0.0128. The van der Waals surface area contributed by atoms with Crippen molar-refractivity contribution in [3.05, 3.63) is 45.3 Å². The molecule has 2 N–H and O–H groups in total. The molecule has 1 rings (SSSR count). The normalized spacial score (nSPS) is 12.4. The fraction of sp³-hybridized carbons (Fsp3) is 0.400. The molecule has 0 saturated heterocycles. The van der Waals surface area contributed by atoms with Crippen molar-refractivity contribution in [1.82, 2.24) is 9.55 Å². The number of hydrogen-bond donors (Lipinski definition) is 2. The molecule has 1 aromatic rings. The van der Waals surface area contributed by atoms with Crippen LogP contribution in [0.15, 0.2) is 28.4 Å². The van der Waals surface area contributed by atoms with Crippen molar-refractivity contribution in [1.29, 1.82) is 0 Å². The van der Waals surface area contributed by atoms with E-state index in [0.29, 0.717) is 5.56 Å². The first kappa shape index (κ1) is 12.4. The van der Waals surface area contributed by atoms with Gasteiger partial charge in [-0.05, 0) is 13.0 Å². The van der Waals surface area contributed by atoms with Gasteiger partial charge in [0.05, 0.1) is 13.2 Å². The Hall–Kier alpha value is -1.66. The molecule has 0 bridgehead atoms. The van der Waals surface area contributed by atoms with Crippen molar-refractivity contribution in [2.75, 3.05) is 13.2 Å². The first-order valence-electron chi connectivity index (χ1n) is 4.77. The van der Waals surface area contributed by atoms with E-state index in [4.69, 9.17) is 9.84 Å². The number of aliphatic hydroxyl groups excluding tert-OH is 1. The monoisotopic (exact) mass is 226 g/mol. The fourth-order valence-electron chi connectivity index (χ4n) is 1.21. The van der Waals surface area contributed by atoms with Crippen molar-refractivity contribution in [2.24, 2.45) is 0 Å². The lowest BCUT2D eigenvalue weighted by Crippen LogP contribution is -2.33. The van der Waals surface area contributed by atoms with Crippen LogP contribution in [0.2, 0.25) is 0 Å². The third-order valence-electron chi connectivity index (χ3n) is 2.00. The lowest BCUT2D eigenvalue weighted by atomic mass is 10.4. The van der Waals surface area contributed by atoms with Gasteiger partial charge in [-0.25, -0.2) is 4.79 Å². The van der Waals surface area contributed by atoms with Gasteiger partial charge >= 0.3 is 5.69 Å². The van der Waals surface area contributed by atoms with Gasteiger partial charge in [-0.3, -0.25) is 14.3 Å². The predicted molar refractivity (Wildman–Crippen MR) is 58.3 cm³/mol. The summed E-state index contributed by atoms with van der Waals surface area (Å²) < 4.78 is 6.38. The zero-order valence-electron chi connectivity index (χ0n) is 8.97. The molecule has 6 nitrogen and oxygen atoms in total. The largest absolute Gasteiger partial charge is 0.394 e. The second-order valence-corrected chi connectivity index (χ2v) is 3.20. The number of nitrogens with zero attached hydrogens (tertiary/aromatic N) is 1. The first-order valence-corrected chi connectivity index (χ1v) is 4.77. The summed E-state index contributed by atoms with van der Waals surface area (Å²) in [6.07, 6.45) is 2.11. The highest BCUT2D eigenvalue weighted by atomic mass is 16.5. The highest BCUT2D eigenvalue weighted by Gasteiger charge is 2.10. The van der Waals surface area contributed by atoms with E-state index in [2.05, 4.69) is 11.6 Å². The Bertz CT molecular complexity index is 474. The smallest absolute Gasteiger partial charge is 0.330 e. The molecule has 1 aromatic heterocycles. The molecule has 0 aliphatic heterocycles. The average Bonchev–Trinajstić information content (AvgIpc) is 2.26. The van der Waals surface area contributed by atoms with E-state index in [9.17, 15) is 9.59 Å². The number of nitrogens with one attached hydrogen (secondary N) is 1. The van der Waals surface area contributed by atoms with Gasteiger partial charge in [0.2, 0.25) is 0 Å². The molecule has 0 radical (unpaired) electrons.